The van der Waals surface area contributed by atoms with Crippen LogP contribution in [-0.2, 0) is 0 Å². The van der Waals surface area contributed by atoms with E-state index in [4.69, 9.17) is 0 Å². The zero-order valence-electron chi connectivity index (χ0n) is 6.28. The minimum absolute atomic E-state index is 0.975. The average Bonchev–Trinajstić information content (AvgIpc) is 1.85. The third-order valence-electron chi connectivity index (χ3n) is 1.06. The van der Waals surface area contributed by atoms with Gasteiger partial charge in [0.25, 0.3) is 0 Å². The summed E-state index contributed by atoms with van der Waals surface area (Å²) in [5.41, 5.74) is 1.33. The van der Waals surface area contributed by atoms with E-state index >= 15 is 0 Å². The van der Waals surface area contributed by atoms with Crippen molar-refractivity contribution in [1.82, 2.24) is 5.32 Å². The lowest BCUT2D eigenvalue weighted by atomic mass is 10.3. The van der Waals surface area contributed by atoms with Crippen molar-refractivity contribution in [3.63, 3.8) is 0 Å². The quantitative estimate of drug-likeness (QED) is 0.564. The van der Waals surface area contributed by atoms with Gasteiger partial charge < -0.3 is 5.32 Å². The summed E-state index contributed by atoms with van der Waals surface area (Å²) < 4.78 is 0. The summed E-state index contributed by atoms with van der Waals surface area (Å²) in [5, 5.41) is 3.22. The molecule has 0 aromatic rings. The van der Waals surface area contributed by atoms with Crippen molar-refractivity contribution in [2.24, 2.45) is 0 Å². The highest BCUT2D eigenvalue weighted by molar-refractivity contribution is 5.08. The number of rotatable bonds is 4. The molecular formula is C8H15N. The predicted octanol–water partition coefficient (Wildman–Crippen LogP) is 1.73. The molecule has 0 bridgehead atoms. The zero-order chi connectivity index (χ0) is 7.11. The van der Waals surface area contributed by atoms with Crippen molar-refractivity contribution in [3.8, 4) is 0 Å². The lowest BCUT2D eigenvalue weighted by molar-refractivity contribution is 0.776. The molecule has 0 saturated heterocycles. The molecule has 0 aliphatic rings. The smallest absolute Gasteiger partial charge is 0.0164 e. The number of hydrogen-bond donors (Lipinski definition) is 1. The molecule has 0 spiro atoms. The first-order chi connectivity index (χ1) is 4.31. The Hall–Kier alpha value is -0.560. The lowest BCUT2D eigenvalue weighted by Gasteiger charge is -1.98. The van der Waals surface area contributed by atoms with E-state index in [9.17, 15) is 0 Å². The van der Waals surface area contributed by atoms with Gasteiger partial charge in [-0.05, 0) is 13.5 Å². The molecule has 0 heterocycles. The summed E-state index contributed by atoms with van der Waals surface area (Å²) in [5.74, 6) is 0. The third kappa shape index (κ3) is 5.31. The second-order valence-electron chi connectivity index (χ2n) is 2.03. The first-order valence-corrected chi connectivity index (χ1v) is 3.30. The van der Waals surface area contributed by atoms with E-state index in [2.05, 4.69) is 25.7 Å². The maximum atomic E-state index is 3.60. The van der Waals surface area contributed by atoms with Crippen molar-refractivity contribution in [1.29, 1.82) is 0 Å². The maximum Gasteiger partial charge on any atom is 0.0164 e. The molecule has 0 radical (unpaired) electrons. The van der Waals surface area contributed by atoms with Crippen LogP contribution in [0.1, 0.15) is 13.8 Å². The predicted molar refractivity (Wildman–Crippen MR) is 42.5 cm³/mol. The van der Waals surface area contributed by atoms with Gasteiger partial charge in [-0.1, -0.05) is 31.2 Å². The van der Waals surface area contributed by atoms with Gasteiger partial charge in [0.05, 0.1) is 0 Å². The van der Waals surface area contributed by atoms with Crippen LogP contribution >= 0.6 is 0 Å². The van der Waals surface area contributed by atoms with E-state index in [1.807, 2.05) is 12.2 Å². The molecule has 0 fully saturated rings. The van der Waals surface area contributed by atoms with Crippen LogP contribution in [0.5, 0.6) is 0 Å². The Morgan fingerprint density at radius 2 is 2.33 bits per heavy atom. The Bertz CT molecular complexity index is 103. The molecule has 1 heteroatoms. The van der Waals surface area contributed by atoms with Gasteiger partial charge in [-0.25, -0.2) is 0 Å². The van der Waals surface area contributed by atoms with Crippen LogP contribution in [0.2, 0.25) is 0 Å². The van der Waals surface area contributed by atoms with E-state index in [0.717, 1.165) is 13.1 Å². The number of allylic oxidation sites excluding steroid dienone is 2. The summed E-state index contributed by atoms with van der Waals surface area (Å²) >= 11 is 0. The first-order valence-electron chi connectivity index (χ1n) is 3.30. The van der Waals surface area contributed by atoms with Crippen LogP contribution in [-0.4, -0.2) is 13.1 Å². The van der Waals surface area contributed by atoms with E-state index in [1.165, 1.54) is 5.57 Å². The summed E-state index contributed by atoms with van der Waals surface area (Å²) in [4.78, 5) is 0. The van der Waals surface area contributed by atoms with E-state index in [1.54, 1.807) is 0 Å². The number of likely N-dealkylation sites (N-methyl/N-ethyl adjacent to an activating group) is 1. The van der Waals surface area contributed by atoms with Crippen LogP contribution in [0.15, 0.2) is 24.3 Å². The Balaban J connectivity index is 3.36. The van der Waals surface area contributed by atoms with Gasteiger partial charge in [-0.3, -0.25) is 0 Å². The molecule has 0 aliphatic carbocycles. The Kier molecular flexibility index (Phi) is 5.23. The topological polar surface area (TPSA) is 12.0 Å². The standard InChI is InChI=1S/C8H15N/c1-4-6-8(3)7-9-5-2/h4,6,9H,1,5,7H2,2-3H3. The number of nitrogens with one attached hydrogen (secondary N) is 1. The largest absolute Gasteiger partial charge is 0.313 e. The van der Waals surface area contributed by atoms with Crippen molar-refractivity contribution in [3.05, 3.63) is 24.3 Å². The highest BCUT2D eigenvalue weighted by Crippen LogP contribution is 1.88. The monoisotopic (exact) mass is 125 g/mol. The van der Waals surface area contributed by atoms with E-state index in [-0.39, 0.29) is 0 Å². The Morgan fingerprint density at radius 1 is 1.67 bits per heavy atom. The molecule has 1 N–H and O–H groups in total. The van der Waals surface area contributed by atoms with Crippen LogP contribution in [0, 0.1) is 0 Å². The molecule has 52 valence electrons. The van der Waals surface area contributed by atoms with Gasteiger partial charge in [-0.15, -0.1) is 0 Å². The highest BCUT2D eigenvalue weighted by atomic mass is 14.8. The van der Waals surface area contributed by atoms with Gasteiger partial charge in [0.2, 0.25) is 0 Å². The van der Waals surface area contributed by atoms with Crippen molar-refractivity contribution >= 4 is 0 Å². The average molecular weight is 125 g/mol. The second kappa shape index (κ2) is 5.57. The van der Waals surface area contributed by atoms with E-state index < -0.39 is 0 Å². The zero-order valence-corrected chi connectivity index (χ0v) is 6.28. The molecule has 0 aromatic heterocycles. The van der Waals surface area contributed by atoms with Crippen molar-refractivity contribution in [2.45, 2.75) is 13.8 Å². The van der Waals surface area contributed by atoms with E-state index in [0.29, 0.717) is 0 Å². The number of hydrogen-bond acceptors (Lipinski definition) is 1. The Morgan fingerprint density at radius 3 is 2.78 bits per heavy atom. The molecule has 9 heavy (non-hydrogen) atoms. The minimum atomic E-state index is 0.975. The maximum absolute atomic E-state index is 3.60. The van der Waals surface area contributed by atoms with Crippen molar-refractivity contribution in [2.75, 3.05) is 13.1 Å². The molecule has 0 amide bonds. The van der Waals surface area contributed by atoms with Gasteiger partial charge in [0.1, 0.15) is 0 Å². The Labute approximate surface area is 57.5 Å². The third-order valence-corrected chi connectivity index (χ3v) is 1.06. The van der Waals surface area contributed by atoms with Gasteiger partial charge in [0, 0.05) is 6.54 Å². The van der Waals surface area contributed by atoms with Crippen LogP contribution in [0.25, 0.3) is 0 Å². The summed E-state index contributed by atoms with van der Waals surface area (Å²) in [6.07, 6.45) is 3.83. The van der Waals surface area contributed by atoms with Crippen molar-refractivity contribution < 1.29 is 0 Å². The molecule has 1 nitrogen and oxygen atoms in total. The molecule has 0 aromatic carbocycles. The molecule has 0 rings (SSSR count). The lowest BCUT2D eigenvalue weighted by Crippen LogP contribution is -2.14. The summed E-state index contributed by atoms with van der Waals surface area (Å²) in [6.45, 7) is 9.80. The fraction of sp³-hybridized carbons (Fsp3) is 0.500. The fourth-order valence-corrected chi connectivity index (χ4v) is 0.582. The summed E-state index contributed by atoms with van der Waals surface area (Å²) in [6, 6.07) is 0. The fourth-order valence-electron chi connectivity index (χ4n) is 0.582. The second-order valence-corrected chi connectivity index (χ2v) is 2.03. The molecule has 0 atom stereocenters. The van der Waals surface area contributed by atoms with Gasteiger partial charge in [-0.2, -0.15) is 0 Å². The molecular weight excluding hydrogens is 110 g/mol. The summed E-state index contributed by atoms with van der Waals surface area (Å²) in [7, 11) is 0. The SMILES string of the molecule is C=CC=C(C)CNCC. The molecule has 0 unspecified atom stereocenters. The van der Waals surface area contributed by atoms with Crippen LogP contribution in [0.3, 0.4) is 0 Å². The highest BCUT2D eigenvalue weighted by Gasteiger charge is 1.82. The first kappa shape index (κ1) is 8.44. The van der Waals surface area contributed by atoms with Gasteiger partial charge in [0.15, 0.2) is 0 Å². The van der Waals surface area contributed by atoms with Crippen LogP contribution in [0.4, 0.5) is 0 Å². The van der Waals surface area contributed by atoms with Crippen LogP contribution < -0.4 is 5.32 Å². The normalized spacial score (nSPS) is 11.6. The van der Waals surface area contributed by atoms with Gasteiger partial charge >= 0.3 is 0 Å². The molecule has 0 saturated carbocycles. The molecule has 0 aliphatic heterocycles. The minimum Gasteiger partial charge on any atom is -0.313 e.